The van der Waals surface area contributed by atoms with Gasteiger partial charge in [0.15, 0.2) is 0 Å². The van der Waals surface area contributed by atoms with E-state index in [2.05, 4.69) is 32.7 Å². The number of nitrogens with zero attached hydrogens (tertiary/aromatic N) is 2. The van der Waals surface area contributed by atoms with Crippen molar-refractivity contribution in [3.05, 3.63) is 62.9 Å². The summed E-state index contributed by atoms with van der Waals surface area (Å²) in [6, 6.07) is 11.9. The molecule has 0 unspecified atom stereocenters. The molecule has 1 saturated heterocycles. The number of aromatic nitrogens is 1. The number of carbonyl (C=O) groups is 1. The summed E-state index contributed by atoms with van der Waals surface area (Å²) in [4.78, 5) is 21.2. The molecule has 1 aromatic carbocycles. The predicted octanol–water partition coefficient (Wildman–Crippen LogP) is 4.83. The van der Waals surface area contributed by atoms with Crippen LogP contribution >= 0.6 is 22.9 Å². The van der Waals surface area contributed by atoms with Crippen LogP contribution in [0.5, 0.6) is 0 Å². The maximum atomic E-state index is 12.9. The van der Waals surface area contributed by atoms with Crippen LogP contribution in [0.15, 0.2) is 41.8 Å². The van der Waals surface area contributed by atoms with Crippen molar-refractivity contribution in [2.75, 3.05) is 19.6 Å². The first kappa shape index (κ1) is 18.4. The van der Waals surface area contributed by atoms with Gasteiger partial charge in [-0.2, -0.15) is 0 Å². The third-order valence-corrected chi connectivity index (χ3v) is 6.33. The number of halogens is 1. The fourth-order valence-electron chi connectivity index (χ4n) is 3.70. The molecule has 1 aliphatic heterocycles. The van der Waals surface area contributed by atoms with Gasteiger partial charge in [0.2, 0.25) is 0 Å². The van der Waals surface area contributed by atoms with Crippen molar-refractivity contribution in [2.24, 2.45) is 0 Å². The standard InChI is InChI=1S/C21H22ClN3OS/c1-14-17(12-15-11-16(22)6-7-18(15)24-14)21(26)23-13-19(20-5-4-10-27-20)25-8-2-3-9-25/h4-7,10-12,19H,2-3,8-9,13H2,1H3,(H,23,26)/t19-/m1/s1. The first-order valence-corrected chi connectivity index (χ1v) is 10.5. The molecule has 1 atom stereocenters. The highest BCUT2D eigenvalue weighted by molar-refractivity contribution is 7.10. The van der Waals surface area contributed by atoms with Crippen LogP contribution in [0.1, 0.15) is 39.8 Å². The van der Waals surface area contributed by atoms with Gasteiger partial charge in [-0.15, -0.1) is 11.3 Å². The molecule has 3 aromatic rings. The molecule has 2 aromatic heterocycles. The topological polar surface area (TPSA) is 45.2 Å². The summed E-state index contributed by atoms with van der Waals surface area (Å²) in [5.41, 5.74) is 2.19. The van der Waals surface area contributed by atoms with E-state index in [-0.39, 0.29) is 11.9 Å². The molecular formula is C21H22ClN3OS. The minimum absolute atomic E-state index is 0.0809. The number of likely N-dealkylation sites (tertiary alicyclic amines) is 1. The number of thiophene rings is 1. The molecule has 0 spiro atoms. The fraction of sp³-hybridized carbons (Fsp3) is 0.333. The largest absolute Gasteiger partial charge is 0.350 e. The zero-order valence-electron chi connectivity index (χ0n) is 15.2. The van der Waals surface area contributed by atoms with E-state index in [1.165, 1.54) is 17.7 Å². The normalized spacial score (nSPS) is 15.9. The number of pyridine rings is 1. The second kappa shape index (κ2) is 7.97. The summed E-state index contributed by atoms with van der Waals surface area (Å²) in [5, 5.41) is 6.76. The molecule has 6 heteroatoms. The van der Waals surface area contributed by atoms with E-state index < -0.39 is 0 Å². The van der Waals surface area contributed by atoms with Gasteiger partial charge in [-0.05, 0) is 68.6 Å². The molecule has 0 saturated carbocycles. The lowest BCUT2D eigenvalue weighted by molar-refractivity contribution is 0.0937. The average molecular weight is 400 g/mol. The van der Waals surface area contributed by atoms with Crippen molar-refractivity contribution in [3.63, 3.8) is 0 Å². The quantitative estimate of drug-likeness (QED) is 0.668. The number of rotatable bonds is 5. The van der Waals surface area contributed by atoms with E-state index >= 15 is 0 Å². The molecule has 4 rings (SSSR count). The number of benzene rings is 1. The molecule has 0 aliphatic carbocycles. The Kier molecular flexibility index (Phi) is 5.43. The van der Waals surface area contributed by atoms with Gasteiger partial charge < -0.3 is 5.32 Å². The smallest absolute Gasteiger partial charge is 0.253 e. The molecule has 3 heterocycles. The van der Waals surface area contributed by atoms with Crippen LogP contribution in [0.25, 0.3) is 10.9 Å². The molecule has 1 aliphatic rings. The van der Waals surface area contributed by atoms with Gasteiger partial charge in [0, 0.05) is 21.8 Å². The van der Waals surface area contributed by atoms with Crippen molar-refractivity contribution in [1.29, 1.82) is 0 Å². The Hall–Kier alpha value is -1.95. The lowest BCUT2D eigenvalue weighted by atomic mass is 10.1. The summed E-state index contributed by atoms with van der Waals surface area (Å²) < 4.78 is 0. The number of hydrogen-bond acceptors (Lipinski definition) is 4. The fourth-order valence-corrected chi connectivity index (χ4v) is 4.74. The third kappa shape index (κ3) is 4.00. The van der Waals surface area contributed by atoms with E-state index in [9.17, 15) is 4.79 Å². The van der Waals surface area contributed by atoms with E-state index in [4.69, 9.17) is 11.6 Å². The Morgan fingerprint density at radius 2 is 2.11 bits per heavy atom. The molecule has 140 valence electrons. The molecule has 0 bridgehead atoms. The van der Waals surface area contributed by atoms with Crippen molar-refractivity contribution in [1.82, 2.24) is 15.2 Å². The zero-order valence-corrected chi connectivity index (χ0v) is 16.8. The van der Waals surface area contributed by atoms with Crippen LogP contribution in [0.2, 0.25) is 5.02 Å². The first-order valence-electron chi connectivity index (χ1n) is 9.24. The Bertz CT molecular complexity index is 951. The van der Waals surface area contributed by atoms with Gasteiger partial charge >= 0.3 is 0 Å². The second-order valence-electron chi connectivity index (χ2n) is 6.94. The van der Waals surface area contributed by atoms with Gasteiger partial charge in [0.1, 0.15) is 0 Å². The molecule has 4 nitrogen and oxygen atoms in total. The van der Waals surface area contributed by atoms with Gasteiger partial charge in [-0.1, -0.05) is 17.7 Å². The Balaban J connectivity index is 1.54. The van der Waals surface area contributed by atoms with Gasteiger partial charge in [-0.3, -0.25) is 14.7 Å². The van der Waals surface area contributed by atoms with Crippen LogP contribution in [-0.2, 0) is 0 Å². The number of fused-ring (bicyclic) bond motifs is 1. The van der Waals surface area contributed by atoms with Crippen LogP contribution in [-0.4, -0.2) is 35.4 Å². The van der Waals surface area contributed by atoms with Crippen LogP contribution in [0.4, 0.5) is 0 Å². The highest BCUT2D eigenvalue weighted by Crippen LogP contribution is 2.28. The number of amides is 1. The average Bonchev–Trinajstić information content (AvgIpc) is 3.36. The molecular weight excluding hydrogens is 378 g/mol. The van der Waals surface area contributed by atoms with E-state index in [0.29, 0.717) is 17.1 Å². The van der Waals surface area contributed by atoms with E-state index in [0.717, 1.165) is 29.7 Å². The molecule has 1 N–H and O–H groups in total. The zero-order chi connectivity index (χ0) is 18.8. The summed E-state index contributed by atoms with van der Waals surface area (Å²) in [6.45, 7) is 4.66. The SMILES string of the molecule is Cc1nc2ccc(Cl)cc2cc1C(=O)NC[C@H](c1cccs1)N1CCCC1. The van der Waals surface area contributed by atoms with Gasteiger partial charge in [-0.25, -0.2) is 0 Å². The Morgan fingerprint density at radius 3 is 2.85 bits per heavy atom. The Morgan fingerprint density at radius 1 is 1.30 bits per heavy atom. The lowest BCUT2D eigenvalue weighted by Gasteiger charge is -2.27. The minimum atomic E-state index is -0.0809. The number of carbonyl (C=O) groups excluding carboxylic acids is 1. The highest BCUT2D eigenvalue weighted by atomic mass is 35.5. The van der Waals surface area contributed by atoms with Crippen molar-refractivity contribution in [3.8, 4) is 0 Å². The highest BCUT2D eigenvalue weighted by Gasteiger charge is 2.25. The monoisotopic (exact) mass is 399 g/mol. The maximum absolute atomic E-state index is 12.9. The van der Waals surface area contributed by atoms with E-state index in [1.54, 1.807) is 11.3 Å². The van der Waals surface area contributed by atoms with Gasteiger partial charge in [0.25, 0.3) is 5.91 Å². The summed E-state index contributed by atoms with van der Waals surface area (Å²) in [6.07, 6.45) is 2.45. The third-order valence-electron chi connectivity index (χ3n) is 5.12. The predicted molar refractivity (Wildman–Crippen MR) is 112 cm³/mol. The van der Waals surface area contributed by atoms with Gasteiger partial charge in [0.05, 0.1) is 22.8 Å². The van der Waals surface area contributed by atoms with E-state index in [1.807, 2.05) is 31.2 Å². The van der Waals surface area contributed by atoms with Crippen molar-refractivity contribution in [2.45, 2.75) is 25.8 Å². The second-order valence-corrected chi connectivity index (χ2v) is 8.36. The Labute approximate surface area is 168 Å². The number of nitrogens with one attached hydrogen (secondary N) is 1. The summed E-state index contributed by atoms with van der Waals surface area (Å²) >= 11 is 7.84. The number of hydrogen-bond donors (Lipinski definition) is 1. The molecule has 1 fully saturated rings. The van der Waals surface area contributed by atoms with Crippen molar-refractivity contribution < 1.29 is 4.79 Å². The minimum Gasteiger partial charge on any atom is -0.350 e. The van der Waals surface area contributed by atoms with Crippen LogP contribution in [0.3, 0.4) is 0 Å². The maximum Gasteiger partial charge on any atom is 0.253 e. The van der Waals surface area contributed by atoms with Crippen molar-refractivity contribution >= 4 is 39.7 Å². The molecule has 1 amide bonds. The van der Waals surface area contributed by atoms with Crippen LogP contribution < -0.4 is 5.32 Å². The summed E-state index contributed by atoms with van der Waals surface area (Å²) in [5.74, 6) is -0.0809. The first-order chi connectivity index (χ1) is 13.1. The van der Waals surface area contributed by atoms with Crippen LogP contribution in [0, 0.1) is 6.92 Å². The lowest BCUT2D eigenvalue weighted by Crippen LogP contribution is -2.36. The summed E-state index contributed by atoms with van der Waals surface area (Å²) in [7, 11) is 0. The number of aryl methyl sites for hydroxylation is 1. The molecule has 0 radical (unpaired) electrons. The molecule has 27 heavy (non-hydrogen) atoms.